The minimum absolute atomic E-state index is 0.230. The van der Waals surface area contributed by atoms with Crippen molar-refractivity contribution < 1.29 is 24.9 Å². The number of carbonyl (C=O) groups excluding carboxylic acids is 1. The number of aliphatic hydroxyl groups is 3. The van der Waals surface area contributed by atoms with Crippen LogP contribution in [0.4, 0.5) is 0 Å². The van der Waals surface area contributed by atoms with Gasteiger partial charge in [-0.05, 0) is 17.7 Å². The summed E-state index contributed by atoms with van der Waals surface area (Å²) in [7, 11) is 1.25. The molecule has 7 nitrogen and oxygen atoms in total. The van der Waals surface area contributed by atoms with E-state index in [4.69, 9.17) is 5.11 Å². The van der Waals surface area contributed by atoms with Crippen LogP contribution in [0.1, 0.15) is 22.0 Å². The average Bonchev–Trinajstić information content (AvgIpc) is 2.91. The maximum Gasteiger partial charge on any atom is 0.338 e. The van der Waals surface area contributed by atoms with Crippen LogP contribution in [0.15, 0.2) is 18.3 Å². The van der Waals surface area contributed by atoms with Crippen LogP contribution < -0.4 is 0 Å². The Hall–Kier alpha value is -1.96. The van der Waals surface area contributed by atoms with Crippen LogP contribution in [0.2, 0.25) is 0 Å². The predicted molar refractivity (Wildman–Crippen MR) is 65.5 cm³/mol. The van der Waals surface area contributed by atoms with Crippen LogP contribution in [0.5, 0.6) is 0 Å². The first kappa shape index (κ1) is 13.5. The summed E-state index contributed by atoms with van der Waals surface area (Å²) >= 11 is 0. The SMILES string of the molecule is COC(=O)c1cc(C(O)C(O)CO)cc2[nH]ncc12. The fourth-order valence-electron chi connectivity index (χ4n) is 1.85. The monoisotopic (exact) mass is 266 g/mol. The van der Waals surface area contributed by atoms with E-state index in [9.17, 15) is 15.0 Å². The molecule has 0 amide bonds. The van der Waals surface area contributed by atoms with E-state index in [0.717, 1.165) is 0 Å². The third-order valence-electron chi connectivity index (χ3n) is 2.88. The zero-order chi connectivity index (χ0) is 14.0. The summed E-state index contributed by atoms with van der Waals surface area (Å²) in [5.41, 5.74) is 1.05. The molecule has 2 unspecified atom stereocenters. The number of esters is 1. The number of ether oxygens (including phenoxy) is 1. The first-order valence-electron chi connectivity index (χ1n) is 5.60. The molecule has 0 aliphatic carbocycles. The standard InChI is InChI=1S/C12H14N2O5/c1-19-12(18)7-2-6(11(17)10(16)5-15)3-9-8(7)4-13-14-9/h2-4,10-11,15-17H,5H2,1H3,(H,13,14). The number of aromatic nitrogens is 2. The summed E-state index contributed by atoms with van der Waals surface area (Å²) in [6.45, 7) is -0.588. The molecule has 1 aromatic carbocycles. The Balaban J connectivity index is 2.54. The molecule has 19 heavy (non-hydrogen) atoms. The molecular formula is C12H14N2O5. The average molecular weight is 266 g/mol. The molecule has 0 spiro atoms. The summed E-state index contributed by atoms with van der Waals surface area (Å²) in [5, 5.41) is 35.2. The number of H-pyrrole nitrogens is 1. The van der Waals surface area contributed by atoms with Crippen molar-refractivity contribution in [3.05, 3.63) is 29.5 Å². The fraction of sp³-hybridized carbons (Fsp3) is 0.333. The maximum atomic E-state index is 11.7. The molecule has 0 saturated carbocycles. The minimum atomic E-state index is -1.33. The zero-order valence-corrected chi connectivity index (χ0v) is 10.2. The van der Waals surface area contributed by atoms with Gasteiger partial charge in [0.2, 0.25) is 0 Å². The lowest BCUT2D eigenvalue weighted by Crippen LogP contribution is -2.22. The highest BCUT2D eigenvalue weighted by molar-refractivity contribution is 6.03. The van der Waals surface area contributed by atoms with Crippen LogP contribution in [0.25, 0.3) is 10.9 Å². The molecule has 0 radical (unpaired) electrons. The normalized spacial score (nSPS) is 14.3. The number of fused-ring (bicyclic) bond motifs is 1. The molecule has 1 aromatic heterocycles. The Morgan fingerprint density at radius 1 is 1.47 bits per heavy atom. The first-order chi connectivity index (χ1) is 9.08. The van der Waals surface area contributed by atoms with E-state index in [1.807, 2.05) is 0 Å². The van der Waals surface area contributed by atoms with Crippen molar-refractivity contribution in [2.45, 2.75) is 12.2 Å². The Kier molecular flexibility index (Phi) is 3.79. The Morgan fingerprint density at radius 2 is 2.21 bits per heavy atom. The van der Waals surface area contributed by atoms with Crippen molar-refractivity contribution in [3.8, 4) is 0 Å². The van der Waals surface area contributed by atoms with Crippen molar-refractivity contribution in [3.63, 3.8) is 0 Å². The highest BCUT2D eigenvalue weighted by Gasteiger charge is 2.21. The largest absolute Gasteiger partial charge is 0.465 e. The predicted octanol–water partition coefficient (Wildman–Crippen LogP) is -0.264. The van der Waals surface area contributed by atoms with Crippen molar-refractivity contribution >= 4 is 16.9 Å². The maximum absolute atomic E-state index is 11.7. The molecule has 0 aliphatic heterocycles. The second kappa shape index (κ2) is 5.35. The van der Waals surface area contributed by atoms with Gasteiger partial charge in [0.05, 0.1) is 31.0 Å². The Labute approximate surface area is 108 Å². The molecule has 0 fully saturated rings. The lowest BCUT2D eigenvalue weighted by Gasteiger charge is -2.16. The minimum Gasteiger partial charge on any atom is -0.465 e. The number of methoxy groups -OCH3 is 1. The van der Waals surface area contributed by atoms with Crippen molar-refractivity contribution in [2.24, 2.45) is 0 Å². The van der Waals surface area contributed by atoms with E-state index in [2.05, 4.69) is 14.9 Å². The van der Waals surface area contributed by atoms with Gasteiger partial charge in [0, 0.05) is 5.39 Å². The lowest BCUT2D eigenvalue weighted by molar-refractivity contribution is -0.0152. The molecule has 0 saturated heterocycles. The number of nitrogens with zero attached hydrogens (tertiary/aromatic N) is 1. The van der Waals surface area contributed by atoms with Gasteiger partial charge in [0.1, 0.15) is 12.2 Å². The van der Waals surface area contributed by atoms with Crippen LogP contribution in [-0.2, 0) is 4.74 Å². The molecule has 2 atom stereocenters. The van der Waals surface area contributed by atoms with Crippen molar-refractivity contribution in [1.29, 1.82) is 0 Å². The van der Waals surface area contributed by atoms with E-state index in [1.165, 1.54) is 19.4 Å². The van der Waals surface area contributed by atoms with Gasteiger partial charge in [0.25, 0.3) is 0 Å². The van der Waals surface area contributed by atoms with Gasteiger partial charge in [0.15, 0.2) is 0 Å². The smallest absolute Gasteiger partial charge is 0.338 e. The van der Waals surface area contributed by atoms with Gasteiger partial charge in [-0.1, -0.05) is 0 Å². The lowest BCUT2D eigenvalue weighted by atomic mass is 9.99. The summed E-state index contributed by atoms with van der Waals surface area (Å²) in [5.74, 6) is -0.570. The summed E-state index contributed by atoms with van der Waals surface area (Å²) in [4.78, 5) is 11.7. The van der Waals surface area contributed by atoms with Crippen LogP contribution in [0, 0.1) is 0 Å². The van der Waals surface area contributed by atoms with Gasteiger partial charge < -0.3 is 20.1 Å². The molecule has 0 aliphatic rings. The van der Waals surface area contributed by atoms with Gasteiger partial charge in [-0.2, -0.15) is 5.10 Å². The number of carbonyl (C=O) groups is 1. The quantitative estimate of drug-likeness (QED) is 0.566. The van der Waals surface area contributed by atoms with Gasteiger partial charge in [-0.15, -0.1) is 0 Å². The molecule has 0 bridgehead atoms. The molecule has 102 valence electrons. The third kappa shape index (κ3) is 2.43. The third-order valence-corrected chi connectivity index (χ3v) is 2.88. The number of hydrogen-bond donors (Lipinski definition) is 4. The number of benzene rings is 1. The van der Waals surface area contributed by atoms with Gasteiger partial charge in [-0.3, -0.25) is 5.10 Å². The topological polar surface area (TPSA) is 116 Å². The van der Waals surface area contributed by atoms with E-state index in [-0.39, 0.29) is 5.56 Å². The van der Waals surface area contributed by atoms with Gasteiger partial charge >= 0.3 is 5.97 Å². The van der Waals surface area contributed by atoms with Gasteiger partial charge in [-0.25, -0.2) is 4.79 Å². The highest BCUT2D eigenvalue weighted by Crippen LogP contribution is 2.25. The highest BCUT2D eigenvalue weighted by atomic mass is 16.5. The Morgan fingerprint density at radius 3 is 2.84 bits per heavy atom. The Bertz CT molecular complexity index is 595. The number of rotatable bonds is 4. The second-order valence-electron chi connectivity index (χ2n) is 4.09. The van der Waals surface area contributed by atoms with Crippen molar-refractivity contribution in [2.75, 3.05) is 13.7 Å². The molecule has 4 N–H and O–H groups in total. The number of aliphatic hydroxyl groups excluding tert-OH is 3. The molecule has 2 aromatic rings. The second-order valence-corrected chi connectivity index (χ2v) is 4.09. The van der Waals surface area contributed by atoms with Crippen LogP contribution in [-0.4, -0.2) is 51.3 Å². The number of nitrogens with one attached hydrogen (secondary N) is 1. The summed E-state index contributed by atoms with van der Waals surface area (Å²) in [6, 6.07) is 2.96. The first-order valence-corrected chi connectivity index (χ1v) is 5.60. The molecule has 7 heteroatoms. The molecular weight excluding hydrogens is 252 g/mol. The van der Waals surface area contributed by atoms with E-state index < -0.39 is 24.8 Å². The van der Waals surface area contributed by atoms with E-state index >= 15 is 0 Å². The molecule has 2 rings (SSSR count). The van der Waals surface area contributed by atoms with Crippen molar-refractivity contribution in [1.82, 2.24) is 10.2 Å². The number of aromatic amines is 1. The fourth-order valence-corrected chi connectivity index (χ4v) is 1.85. The van der Waals surface area contributed by atoms with E-state index in [1.54, 1.807) is 6.07 Å². The number of hydrogen-bond acceptors (Lipinski definition) is 6. The summed E-state index contributed by atoms with van der Waals surface area (Å²) in [6.07, 6.45) is -1.16. The molecule has 1 heterocycles. The summed E-state index contributed by atoms with van der Waals surface area (Å²) < 4.78 is 4.66. The van der Waals surface area contributed by atoms with Crippen LogP contribution >= 0.6 is 0 Å². The van der Waals surface area contributed by atoms with Crippen LogP contribution in [0.3, 0.4) is 0 Å². The zero-order valence-electron chi connectivity index (χ0n) is 10.2. The van der Waals surface area contributed by atoms with E-state index in [0.29, 0.717) is 16.5 Å².